The van der Waals surface area contributed by atoms with Gasteiger partial charge in [0.1, 0.15) is 6.61 Å². The average molecular weight is 439 g/mol. The molecule has 1 saturated heterocycles. The number of benzene rings is 2. The second-order valence-corrected chi connectivity index (χ2v) is 7.96. The number of nitrogens with zero attached hydrogens (tertiary/aromatic N) is 2. The van der Waals surface area contributed by atoms with E-state index in [0.717, 1.165) is 0 Å². The molecule has 2 aromatic rings. The number of anilines is 1. The molecule has 0 bridgehead atoms. The summed E-state index contributed by atoms with van der Waals surface area (Å²) >= 11 is 0. The summed E-state index contributed by atoms with van der Waals surface area (Å²) in [5.41, 5.74) is 0.662. The van der Waals surface area contributed by atoms with Gasteiger partial charge in [-0.25, -0.2) is 0 Å². The first-order valence-corrected chi connectivity index (χ1v) is 10.7. The van der Waals surface area contributed by atoms with E-state index in [2.05, 4.69) is 10.2 Å². The Morgan fingerprint density at radius 1 is 0.938 bits per heavy atom. The molecule has 1 fully saturated rings. The molecular formula is C23H25N3O6. The van der Waals surface area contributed by atoms with Crippen LogP contribution >= 0.6 is 0 Å². The van der Waals surface area contributed by atoms with E-state index in [0.29, 0.717) is 54.9 Å². The van der Waals surface area contributed by atoms with Gasteiger partial charge in [-0.1, -0.05) is 12.1 Å². The first kappa shape index (κ1) is 20.4. The third-order valence-corrected chi connectivity index (χ3v) is 5.98. The van der Waals surface area contributed by atoms with Gasteiger partial charge in [0, 0.05) is 37.9 Å². The fourth-order valence-electron chi connectivity index (χ4n) is 4.06. The lowest BCUT2D eigenvalue weighted by molar-refractivity contribution is -0.143. The zero-order valence-electron chi connectivity index (χ0n) is 17.8. The lowest BCUT2D eigenvalue weighted by Crippen LogP contribution is -2.57. The highest BCUT2D eigenvalue weighted by molar-refractivity contribution is 5.95. The molecule has 2 amide bonds. The van der Waals surface area contributed by atoms with E-state index in [1.807, 2.05) is 25.1 Å². The van der Waals surface area contributed by atoms with Crippen molar-refractivity contribution in [3.05, 3.63) is 42.5 Å². The number of carbonyl (C=O) groups is 2. The Morgan fingerprint density at radius 3 is 2.47 bits per heavy atom. The number of piperazine rings is 1. The molecule has 3 heterocycles. The van der Waals surface area contributed by atoms with Crippen LogP contribution in [0, 0.1) is 0 Å². The smallest absolute Gasteiger partial charge is 0.267 e. The maximum Gasteiger partial charge on any atom is 0.267 e. The van der Waals surface area contributed by atoms with Gasteiger partial charge < -0.3 is 29.2 Å². The Hall–Kier alpha value is -3.46. The van der Waals surface area contributed by atoms with Gasteiger partial charge in [-0.2, -0.15) is 0 Å². The maximum atomic E-state index is 12.9. The first-order chi connectivity index (χ1) is 15.6. The lowest BCUT2D eigenvalue weighted by atomic mass is 10.2. The quantitative estimate of drug-likeness (QED) is 0.776. The number of hydrogen-bond acceptors (Lipinski definition) is 7. The van der Waals surface area contributed by atoms with Crippen molar-refractivity contribution in [3.63, 3.8) is 0 Å². The summed E-state index contributed by atoms with van der Waals surface area (Å²) in [6, 6.07) is 12.3. The third kappa shape index (κ3) is 4.03. The number of nitrogens with one attached hydrogen (secondary N) is 1. The van der Waals surface area contributed by atoms with Gasteiger partial charge in [0.05, 0.1) is 6.04 Å². The predicted molar refractivity (Wildman–Crippen MR) is 115 cm³/mol. The summed E-state index contributed by atoms with van der Waals surface area (Å²) in [5, 5.41) is 2.93. The summed E-state index contributed by atoms with van der Waals surface area (Å²) in [6.07, 6.45) is -0.650. The number of carbonyl (C=O) groups excluding carboxylic acids is 2. The minimum Gasteiger partial charge on any atom is -0.485 e. The molecule has 5 rings (SSSR count). The molecule has 0 radical (unpaired) electrons. The van der Waals surface area contributed by atoms with Crippen molar-refractivity contribution in [2.24, 2.45) is 0 Å². The number of hydrogen-bond donors (Lipinski definition) is 1. The van der Waals surface area contributed by atoms with Crippen LogP contribution in [0.4, 0.5) is 5.69 Å². The largest absolute Gasteiger partial charge is 0.485 e. The number of ether oxygens (including phenoxy) is 4. The number of fused-ring (bicyclic) bond motifs is 2. The molecule has 0 saturated carbocycles. The van der Waals surface area contributed by atoms with Crippen molar-refractivity contribution in [1.82, 2.24) is 9.80 Å². The van der Waals surface area contributed by atoms with E-state index in [4.69, 9.17) is 18.9 Å². The van der Waals surface area contributed by atoms with Crippen LogP contribution in [0.15, 0.2) is 42.5 Å². The molecule has 9 heteroatoms. The second kappa shape index (κ2) is 8.58. The summed E-state index contributed by atoms with van der Waals surface area (Å²) in [6.45, 7) is 4.52. The first-order valence-electron chi connectivity index (χ1n) is 10.7. The van der Waals surface area contributed by atoms with Gasteiger partial charge in [-0.3, -0.25) is 14.5 Å². The number of rotatable bonds is 4. The van der Waals surface area contributed by atoms with Gasteiger partial charge in [0.25, 0.3) is 5.91 Å². The lowest BCUT2D eigenvalue weighted by Gasteiger charge is -2.39. The summed E-state index contributed by atoms with van der Waals surface area (Å²) < 4.78 is 22.2. The molecule has 0 aliphatic carbocycles. The maximum absolute atomic E-state index is 12.9. The van der Waals surface area contributed by atoms with Crippen molar-refractivity contribution >= 4 is 17.5 Å². The molecule has 3 aliphatic heterocycles. The SMILES string of the molecule is CC(C(=O)Nc1ccc2c(c1)OCO2)N1CCN(C(=O)C2COc3ccccc3O2)CC1. The predicted octanol–water partition coefficient (Wildman–Crippen LogP) is 1.73. The molecule has 0 aromatic heterocycles. The Bertz CT molecular complexity index is 1020. The van der Waals surface area contributed by atoms with Crippen LogP contribution in [0.1, 0.15) is 6.92 Å². The molecule has 2 atom stereocenters. The molecule has 168 valence electrons. The van der Waals surface area contributed by atoms with Gasteiger partial charge in [0.15, 0.2) is 23.0 Å². The Morgan fingerprint density at radius 2 is 1.66 bits per heavy atom. The van der Waals surface area contributed by atoms with Crippen molar-refractivity contribution in [3.8, 4) is 23.0 Å². The second-order valence-electron chi connectivity index (χ2n) is 7.96. The summed E-state index contributed by atoms with van der Waals surface area (Å²) in [4.78, 5) is 29.5. The van der Waals surface area contributed by atoms with Gasteiger partial charge in [0.2, 0.25) is 18.8 Å². The molecule has 1 N–H and O–H groups in total. The van der Waals surface area contributed by atoms with E-state index in [1.54, 1.807) is 29.2 Å². The average Bonchev–Trinajstić information content (AvgIpc) is 3.31. The number of para-hydroxylation sites is 2. The van der Waals surface area contributed by atoms with Crippen LogP contribution in [-0.4, -0.2) is 73.3 Å². The minimum absolute atomic E-state index is 0.0865. The topological polar surface area (TPSA) is 89.6 Å². The molecule has 2 unspecified atom stereocenters. The van der Waals surface area contributed by atoms with E-state index >= 15 is 0 Å². The Kier molecular flexibility index (Phi) is 5.48. The van der Waals surface area contributed by atoms with Crippen molar-refractivity contribution in [2.45, 2.75) is 19.1 Å². The van der Waals surface area contributed by atoms with Crippen molar-refractivity contribution in [2.75, 3.05) is 44.9 Å². The normalized spacial score (nSPS) is 20.5. The Labute approximate surface area is 185 Å². The van der Waals surface area contributed by atoms with E-state index in [9.17, 15) is 9.59 Å². The van der Waals surface area contributed by atoms with E-state index in [-0.39, 0.29) is 31.3 Å². The zero-order valence-corrected chi connectivity index (χ0v) is 17.8. The highest BCUT2D eigenvalue weighted by atomic mass is 16.7. The Balaban J connectivity index is 1.13. The fraction of sp³-hybridized carbons (Fsp3) is 0.391. The van der Waals surface area contributed by atoms with E-state index < -0.39 is 6.10 Å². The molecule has 0 spiro atoms. The standard InChI is InChI=1S/C23H25N3O6/c1-15(22(27)24-16-6-7-18-20(12-16)31-14-30-18)25-8-10-26(11-9-25)23(28)21-13-29-17-4-2-3-5-19(17)32-21/h2-7,12,15,21H,8-11,13-14H2,1H3,(H,24,27). The summed E-state index contributed by atoms with van der Waals surface area (Å²) in [7, 11) is 0. The highest BCUT2D eigenvalue weighted by Crippen LogP contribution is 2.34. The van der Waals surface area contributed by atoms with Crippen LogP contribution in [0.3, 0.4) is 0 Å². The summed E-state index contributed by atoms with van der Waals surface area (Å²) in [5.74, 6) is 2.35. The molecule has 32 heavy (non-hydrogen) atoms. The van der Waals surface area contributed by atoms with Crippen LogP contribution in [0.25, 0.3) is 0 Å². The third-order valence-electron chi connectivity index (χ3n) is 5.98. The molecular weight excluding hydrogens is 414 g/mol. The van der Waals surface area contributed by atoms with Crippen molar-refractivity contribution in [1.29, 1.82) is 0 Å². The van der Waals surface area contributed by atoms with Gasteiger partial charge in [-0.05, 0) is 31.2 Å². The highest BCUT2D eigenvalue weighted by Gasteiger charge is 2.34. The number of amides is 2. The molecule has 2 aromatic carbocycles. The van der Waals surface area contributed by atoms with Crippen molar-refractivity contribution < 1.29 is 28.5 Å². The van der Waals surface area contributed by atoms with Crippen LogP contribution in [0.2, 0.25) is 0 Å². The fourth-order valence-corrected chi connectivity index (χ4v) is 4.06. The van der Waals surface area contributed by atoms with E-state index in [1.165, 1.54) is 0 Å². The van der Waals surface area contributed by atoms with Gasteiger partial charge in [-0.15, -0.1) is 0 Å². The van der Waals surface area contributed by atoms with Crippen LogP contribution in [0.5, 0.6) is 23.0 Å². The van der Waals surface area contributed by atoms with Crippen LogP contribution in [-0.2, 0) is 9.59 Å². The van der Waals surface area contributed by atoms with Crippen LogP contribution < -0.4 is 24.3 Å². The monoisotopic (exact) mass is 439 g/mol. The molecule has 9 nitrogen and oxygen atoms in total. The zero-order chi connectivity index (χ0) is 22.1. The molecule has 3 aliphatic rings. The minimum atomic E-state index is -0.650. The van der Waals surface area contributed by atoms with Gasteiger partial charge >= 0.3 is 0 Å².